The van der Waals surface area contributed by atoms with Crippen LogP contribution < -0.4 is 10.6 Å². The summed E-state index contributed by atoms with van der Waals surface area (Å²) in [6, 6.07) is 8.22. The van der Waals surface area contributed by atoms with Crippen LogP contribution in [-0.2, 0) is 17.3 Å². The lowest BCUT2D eigenvalue weighted by Gasteiger charge is -2.18. The van der Waals surface area contributed by atoms with Gasteiger partial charge in [0.2, 0.25) is 0 Å². The Morgan fingerprint density at radius 1 is 1.25 bits per heavy atom. The lowest BCUT2D eigenvalue weighted by atomic mass is 10.3. The quantitative estimate of drug-likeness (QED) is 0.243. The number of imidazole rings is 1. The summed E-state index contributed by atoms with van der Waals surface area (Å²) >= 11 is 0. The maximum absolute atomic E-state index is 12.1. The van der Waals surface area contributed by atoms with Gasteiger partial charge in [0.25, 0.3) is 0 Å². The zero-order valence-corrected chi connectivity index (χ0v) is 20.8. The second-order valence-corrected chi connectivity index (χ2v) is 9.83. The molecule has 0 spiro atoms. The monoisotopic (exact) mass is 519 g/mol. The number of hydrogen-bond donors (Lipinski definition) is 2. The molecule has 0 aliphatic rings. The number of aryl methyl sites for hydroxylation is 2. The molecule has 0 radical (unpaired) electrons. The van der Waals surface area contributed by atoms with Crippen molar-refractivity contribution < 1.29 is 4.21 Å². The van der Waals surface area contributed by atoms with Crippen molar-refractivity contribution in [1.82, 2.24) is 20.2 Å². The van der Waals surface area contributed by atoms with Gasteiger partial charge in [0, 0.05) is 47.5 Å². The first-order valence-corrected chi connectivity index (χ1v) is 11.0. The average molecular weight is 519 g/mol. The van der Waals surface area contributed by atoms with Crippen molar-refractivity contribution in [3.63, 3.8) is 0 Å². The maximum Gasteiger partial charge on any atom is 0.191 e. The third kappa shape index (κ3) is 7.35. The van der Waals surface area contributed by atoms with Crippen molar-refractivity contribution in [2.75, 3.05) is 25.4 Å². The molecule has 0 saturated heterocycles. The Labute approximate surface area is 188 Å². The Bertz CT molecular complexity index is 797. The first-order chi connectivity index (χ1) is 12.8. The van der Waals surface area contributed by atoms with Crippen LogP contribution in [0.2, 0.25) is 0 Å². The molecule has 6 nitrogen and oxygen atoms in total. The molecule has 0 bridgehead atoms. The molecule has 2 N–H and O–H groups in total. The van der Waals surface area contributed by atoms with E-state index in [2.05, 4.69) is 31.2 Å². The molecule has 0 aliphatic heterocycles. The third-order valence-electron chi connectivity index (χ3n) is 4.26. The molecular formula is C20H34IN5OS. The molecule has 158 valence electrons. The summed E-state index contributed by atoms with van der Waals surface area (Å²) < 4.78 is 14.2. The lowest BCUT2D eigenvalue weighted by Crippen LogP contribution is -2.40. The van der Waals surface area contributed by atoms with Crippen molar-refractivity contribution in [3.8, 4) is 0 Å². The molecule has 8 heteroatoms. The Morgan fingerprint density at radius 3 is 2.64 bits per heavy atom. The van der Waals surface area contributed by atoms with E-state index in [4.69, 9.17) is 0 Å². The van der Waals surface area contributed by atoms with Crippen LogP contribution in [0.3, 0.4) is 0 Å². The molecule has 0 amide bonds. The van der Waals surface area contributed by atoms with Crippen molar-refractivity contribution in [2.24, 2.45) is 4.99 Å². The lowest BCUT2D eigenvalue weighted by molar-refractivity contribution is 0.643. The number of aromatic nitrogens is 2. The van der Waals surface area contributed by atoms with E-state index in [0.29, 0.717) is 12.3 Å². The number of aliphatic imine (C=N–C) groups is 1. The topological polar surface area (TPSA) is 71.3 Å². The standard InChI is InChI=1S/C20H33N5OS.HI/c1-6-21-19(23-13-15-27(26)20(3,4)5)22-12-9-14-25-16(2)24-17-10-7-8-11-18(17)25;/h7-8,10-11H,6,9,12-15H2,1-5H3,(H2,21,22,23);1H. The van der Waals surface area contributed by atoms with Crippen molar-refractivity contribution in [3.05, 3.63) is 30.1 Å². The fourth-order valence-electron chi connectivity index (χ4n) is 2.81. The van der Waals surface area contributed by atoms with E-state index in [9.17, 15) is 4.21 Å². The predicted molar refractivity (Wildman–Crippen MR) is 131 cm³/mol. The van der Waals surface area contributed by atoms with Crippen molar-refractivity contribution >= 4 is 51.8 Å². The maximum atomic E-state index is 12.1. The number of nitrogens with one attached hydrogen (secondary N) is 2. The summed E-state index contributed by atoms with van der Waals surface area (Å²) in [5.41, 5.74) is 2.22. The molecule has 0 saturated carbocycles. The Kier molecular flexibility index (Phi) is 10.4. The highest BCUT2D eigenvalue weighted by atomic mass is 127. The van der Waals surface area contributed by atoms with Gasteiger partial charge in [0.15, 0.2) is 5.96 Å². The highest BCUT2D eigenvalue weighted by Gasteiger charge is 2.18. The molecule has 2 rings (SSSR count). The summed E-state index contributed by atoms with van der Waals surface area (Å²) in [5, 5.41) is 6.54. The van der Waals surface area contributed by atoms with E-state index in [1.165, 1.54) is 5.52 Å². The Hall–Kier alpha value is -1.16. The van der Waals surface area contributed by atoms with E-state index >= 15 is 0 Å². The van der Waals surface area contributed by atoms with Crippen LogP contribution >= 0.6 is 24.0 Å². The highest BCUT2D eigenvalue weighted by molar-refractivity contribution is 14.0. The Balaban J connectivity index is 0.00000392. The van der Waals surface area contributed by atoms with E-state index in [-0.39, 0.29) is 28.7 Å². The first kappa shape index (κ1) is 24.9. The molecule has 1 heterocycles. The largest absolute Gasteiger partial charge is 0.357 e. The van der Waals surface area contributed by atoms with Crippen LogP contribution in [-0.4, -0.2) is 49.9 Å². The van der Waals surface area contributed by atoms with Gasteiger partial charge in [-0.1, -0.05) is 12.1 Å². The molecule has 1 aromatic carbocycles. The fourth-order valence-corrected chi connectivity index (χ4v) is 3.71. The molecule has 1 aromatic heterocycles. The zero-order chi connectivity index (χ0) is 19.9. The van der Waals surface area contributed by atoms with Crippen molar-refractivity contribution in [2.45, 2.75) is 52.3 Å². The smallest absolute Gasteiger partial charge is 0.191 e. The summed E-state index contributed by atoms with van der Waals surface area (Å²) in [6.45, 7) is 13.2. The van der Waals surface area contributed by atoms with Crippen molar-refractivity contribution in [1.29, 1.82) is 0 Å². The number of rotatable bonds is 8. The summed E-state index contributed by atoms with van der Waals surface area (Å²) in [5.74, 6) is 2.44. The summed E-state index contributed by atoms with van der Waals surface area (Å²) in [7, 11) is -0.857. The molecule has 0 fully saturated rings. The van der Waals surface area contributed by atoms with Crippen LogP contribution in [0.1, 0.15) is 39.9 Å². The molecular weight excluding hydrogens is 485 g/mol. The van der Waals surface area contributed by atoms with Gasteiger partial charge in [-0.05, 0) is 53.2 Å². The minimum absolute atomic E-state index is 0. The average Bonchev–Trinajstić information content (AvgIpc) is 2.93. The van der Waals surface area contributed by atoms with Crippen LogP contribution in [0, 0.1) is 6.92 Å². The number of nitrogens with zero attached hydrogens (tertiary/aromatic N) is 3. The summed E-state index contributed by atoms with van der Waals surface area (Å²) in [4.78, 5) is 9.25. The Morgan fingerprint density at radius 2 is 1.96 bits per heavy atom. The van der Waals surface area contributed by atoms with Gasteiger partial charge in [-0.3, -0.25) is 9.20 Å². The highest BCUT2D eigenvalue weighted by Crippen LogP contribution is 2.15. The van der Waals surface area contributed by atoms with Gasteiger partial charge < -0.3 is 15.2 Å². The van der Waals surface area contributed by atoms with E-state index in [0.717, 1.165) is 43.4 Å². The number of benzene rings is 1. The van der Waals surface area contributed by atoms with Gasteiger partial charge in [-0.15, -0.1) is 24.0 Å². The van der Waals surface area contributed by atoms with Gasteiger partial charge in [0.1, 0.15) is 5.82 Å². The van der Waals surface area contributed by atoms with E-state index in [1.54, 1.807) is 0 Å². The number of para-hydroxylation sites is 2. The molecule has 0 aliphatic carbocycles. The van der Waals surface area contributed by atoms with Crippen LogP contribution in [0.15, 0.2) is 29.3 Å². The molecule has 28 heavy (non-hydrogen) atoms. The molecule has 1 unspecified atom stereocenters. The SMILES string of the molecule is CCNC(=NCCCn1c(C)nc2ccccc21)NCCS(=O)C(C)(C)C.I. The van der Waals surface area contributed by atoms with Gasteiger partial charge in [-0.2, -0.15) is 0 Å². The number of guanidine groups is 1. The third-order valence-corrected chi connectivity index (χ3v) is 6.20. The van der Waals surface area contributed by atoms with Crippen LogP contribution in [0.25, 0.3) is 11.0 Å². The van der Waals surface area contributed by atoms with Crippen LogP contribution in [0.4, 0.5) is 0 Å². The van der Waals surface area contributed by atoms with Gasteiger partial charge in [-0.25, -0.2) is 4.98 Å². The molecule has 1 atom stereocenters. The van der Waals surface area contributed by atoms with E-state index < -0.39 is 10.8 Å². The minimum atomic E-state index is -0.857. The van der Waals surface area contributed by atoms with Gasteiger partial charge >= 0.3 is 0 Å². The summed E-state index contributed by atoms with van der Waals surface area (Å²) in [6.07, 6.45) is 0.936. The first-order valence-electron chi connectivity index (χ1n) is 9.65. The second-order valence-electron chi connectivity index (χ2n) is 7.50. The number of fused-ring (bicyclic) bond motifs is 1. The van der Waals surface area contributed by atoms with Crippen LogP contribution in [0.5, 0.6) is 0 Å². The van der Waals surface area contributed by atoms with Gasteiger partial charge in [0.05, 0.1) is 11.0 Å². The fraction of sp³-hybridized carbons (Fsp3) is 0.600. The normalized spacial score (nSPS) is 13.2. The minimum Gasteiger partial charge on any atom is -0.357 e. The molecule has 2 aromatic rings. The second kappa shape index (κ2) is 11.7. The zero-order valence-electron chi connectivity index (χ0n) is 17.6. The number of halogens is 1. The number of hydrogen-bond acceptors (Lipinski definition) is 3. The predicted octanol–water partition coefficient (Wildman–Crippen LogP) is 3.46. The van der Waals surface area contributed by atoms with E-state index in [1.807, 2.05) is 52.8 Å².